The predicted octanol–water partition coefficient (Wildman–Crippen LogP) is 9.78. The highest BCUT2D eigenvalue weighted by atomic mass is 19.1. The molecule has 0 bridgehead atoms. The first-order chi connectivity index (χ1) is 38.2. The summed E-state index contributed by atoms with van der Waals surface area (Å²) in [6.07, 6.45) is 5.98. The fourth-order valence-electron chi connectivity index (χ4n) is 16.0. The predicted molar refractivity (Wildman–Crippen MR) is 292 cm³/mol. The maximum absolute atomic E-state index is 13.7. The number of pyridine rings is 2. The molecule has 432 valence electrons. The fraction of sp³-hybridized carbons (Fsp3) is 0.540. The van der Waals surface area contributed by atoms with Gasteiger partial charge in [-0.3, -0.25) is 19.6 Å². The van der Waals surface area contributed by atoms with Gasteiger partial charge in [-0.1, -0.05) is 41.5 Å². The standard InChI is InChI=1S/C35H38FNO8.C28H35NO7/c1-19-12-13-33(3)26(34(19,4)18-42-20(2)38)16-27(44-31(40)21-8-10-23(36)11-9-21)35(5)30(33)29(39)28-25(45-35)15-24(43-32(28)41)22-7-6-14-37-17-22;1-15-8-9-26(3)20(27(15,4)14-34-16(2)30)12-21(31)28(5)24(26)23(32)22-19(36-28)11-18(35-25(22)33)17-7-6-10-29-13-17/h6-11,14-15,17,19,26-27,29-30,39H,12-13,16,18H2,1-5H3;6-7,10-11,13,15,20-21,23-24,31-32H,8-9,12,14H2,1-5H3/t19-,26?,27-,29-,30?,33-,34?,35+;15-,20?,21-,23-,24?,26-,27?,28+/m00/s1. The summed E-state index contributed by atoms with van der Waals surface area (Å²) in [5.41, 5.74) is -4.42. The monoisotopic (exact) mass is 1120 g/mol. The summed E-state index contributed by atoms with van der Waals surface area (Å²) in [6, 6.07) is 15.2. The molecule has 81 heavy (non-hydrogen) atoms. The molecule has 6 aliphatic rings. The smallest absolute Gasteiger partial charge is 0.345 e. The van der Waals surface area contributed by atoms with E-state index in [1.807, 2.05) is 13.8 Å². The van der Waals surface area contributed by atoms with E-state index in [0.717, 1.165) is 19.3 Å². The Hall–Kier alpha value is -6.76. The number of benzene rings is 1. The minimum absolute atomic E-state index is 0.0101. The Morgan fingerprint density at radius 2 is 1.10 bits per heavy atom. The van der Waals surface area contributed by atoms with E-state index in [9.17, 15) is 43.7 Å². The lowest BCUT2D eigenvalue weighted by Crippen LogP contribution is -2.70. The summed E-state index contributed by atoms with van der Waals surface area (Å²) in [5.74, 6) is -2.18. The first kappa shape index (κ1) is 57.5. The lowest BCUT2D eigenvalue weighted by Gasteiger charge is -2.66. The molecule has 0 spiro atoms. The molecule has 5 aromatic rings. The molecule has 0 amide bonds. The second kappa shape index (κ2) is 20.9. The molecular formula is C63H73FN2O15. The Bertz CT molecular complexity index is 3340. The van der Waals surface area contributed by atoms with Crippen molar-refractivity contribution in [3.63, 3.8) is 0 Å². The number of aliphatic hydroxyl groups excluding tert-OH is 3. The van der Waals surface area contributed by atoms with Crippen LogP contribution in [-0.4, -0.2) is 79.8 Å². The summed E-state index contributed by atoms with van der Waals surface area (Å²) < 4.78 is 55.6. The molecule has 16 atom stereocenters. The second-order valence-electron chi connectivity index (χ2n) is 25.2. The van der Waals surface area contributed by atoms with Crippen LogP contribution >= 0.6 is 0 Å². The van der Waals surface area contributed by atoms with Crippen molar-refractivity contribution < 1.29 is 66.6 Å². The van der Waals surface area contributed by atoms with E-state index >= 15 is 0 Å². The van der Waals surface area contributed by atoms with Gasteiger partial charge in [0.15, 0.2) is 0 Å². The van der Waals surface area contributed by atoms with Crippen molar-refractivity contribution in [2.24, 2.45) is 57.2 Å². The molecule has 17 nitrogen and oxygen atoms in total. The van der Waals surface area contributed by atoms with E-state index in [4.69, 9.17) is 32.5 Å². The van der Waals surface area contributed by atoms with Crippen molar-refractivity contribution in [1.82, 2.24) is 9.97 Å². The molecule has 4 saturated carbocycles. The minimum Gasteiger partial charge on any atom is -0.484 e. The van der Waals surface area contributed by atoms with Crippen molar-refractivity contribution in [3.05, 3.63) is 129 Å². The van der Waals surface area contributed by atoms with Crippen molar-refractivity contribution in [2.75, 3.05) is 13.2 Å². The topological polar surface area (TPSA) is 244 Å². The van der Waals surface area contributed by atoms with Crippen molar-refractivity contribution in [3.8, 4) is 34.1 Å². The maximum Gasteiger partial charge on any atom is 0.345 e. The van der Waals surface area contributed by atoms with Gasteiger partial charge in [0.2, 0.25) is 0 Å². The zero-order valence-corrected chi connectivity index (χ0v) is 47.5. The summed E-state index contributed by atoms with van der Waals surface area (Å²) in [6.45, 7) is 19.5. The van der Waals surface area contributed by atoms with Gasteiger partial charge in [0.25, 0.3) is 0 Å². The Kier molecular flexibility index (Phi) is 14.8. The Morgan fingerprint density at radius 3 is 1.54 bits per heavy atom. The zero-order valence-electron chi connectivity index (χ0n) is 47.5. The molecule has 0 saturated heterocycles. The van der Waals surface area contributed by atoms with E-state index in [0.29, 0.717) is 30.4 Å². The third kappa shape index (κ3) is 9.55. The van der Waals surface area contributed by atoms with Crippen LogP contribution in [0, 0.1) is 63.0 Å². The third-order valence-corrected chi connectivity index (χ3v) is 20.7. The Balaban J connectivity index is 0.000000186. The van der Waals surface area contributed by atoms with Crippen molar-refractivity contribution >= 4 is 17.9 Å². The van der Waals surface area contributed by atoms with Gasteiger partial charge in [0.05, 0.1) is 37.1 Å². The van der Waals surface area contributed by atoms with Gasteiger partial charge in [-0.05, 0) is 135 Å². The molecule has 6 heterocycles. The third-order valence-electron chi connectivity index (χ3n) is 20.7. The number of carbonyl (C=O) groups excluding carboxylic acids is 3. The number of ether oxygens (including phenoxy) is 5. The highest BCUT2D eigenvalue weighted by Gasteiger charge is 2.71. The maximum atomic E-state index is 13.7. The number of esters is 3. The summed E-state index contributed by atoms with van der Waals surface area (Å²) in [7, 11) is 0. The molecule has 2 aliphatic heterocycles. The molecule has 1 aromatic carbocycles. The minimum atomic E-state index is -1.32. The van der Waals surface area contributed by atoms with Crippen LogP contribution in [0.5, 0.6) is 11.5 Å². The van der Waals surface area contributed by atoms with Gasteiger partial charge in [0.1, 0.15) is 57.3 Å². The van der Waals surface area contributed by atoms with E-state index in [-0.39, 0.29) is 82.6 Å². The van der Waals surface area contributed by atoms with Gasteiger partial charge in [-0.15, -0.1) is 0 Å². The van der Waals surface area contributed by atoms with Crippen LogP contribution in [0.3, 0.4) is 0 Å². The number of hydrogen-bond donors (Lipinski definition) is 3. The molecule has 18 heteroatoms. The number of hydrogen-bond acceptors (Lipinski definition) is 17. The summed E-state index contributed by atoms with van der Waals surface area (Å²) in [4.78, 5) is 72.1. The SMILES string of the molecule is CC(=O)OCC1(C)C2C[C@H](O)[C@@]3(C)Oc4cc(-c5cccnc5)oc(=O)c4[C@H](O)C3[C@@]2(C)CC[C@@H]1C.CC(=O)OCC1(C)C2C[C@H](OC(=O)c3ccc(F)cc3)[C@@]3(C)Oc4cc(-c5cccnc5)oc(=O)c4[C@H](O)C3[C@@]2(C)CC[C@@H]1C. The highest BCUT2D eigenvalue weighted by Crippen LogP contribution is 2.70. The number of fused-ring (bicyclic) bond motifs is 8. The fourth-order valence-corrected chi connectivity index (χ4v) is 16.0. The molecule has 4 fully saturated rings. The van der Waals surface area contributed by atoms with E-state index in [1.54, 1.807) is 61.2 Å². The van der Waals surface area contributed by atoms with E-state index in [2.05, 4.69) is 51.5 Å². The van der Waals surface area contributed by atoms with Crippen LogP contribution in [-0.2, 0) is 23.8 Å². The van der Waals surface area contributed by atoms with Crippen LogP contribution in [0.25, 0.3) is 22.6 Å². The normalized spacial score (nSPS) is 36.1. The van der Waals surface area contributed by atoms with E-state index < -0.39 is 98.1 Å². The lowest BCUT2D eigenvalue weighted by atomic mass is 9.41. The quantitative estimate of drug-likeness (QED) is 0.0966. The van der Waals surface area contributed by atoms with Crippen molar-refractivity contribution in [1.29, 1.82) is 0 Å². The number of nitrogens with zero attached hydrogens (tertiary/aromatic N) is 2. The molecule has 6 unspecified atom stereocenters. The van der Waals surface area contributed by atoms with E-state index in [1.165, 1.54) is 38.1 Å². The summed E-state index contributed by atoms with van der Waals surface area (Å²) in [5, 5.41) is 35.5. The number of aliphatic hydroxyl groups is 3. The van der Waals surface area contributed by atoms with Gasteiger partial charge in [-0.25, -0.2) is 18.8 Å². The van der Waals surface area contributed by atoms with Crippen LogP contribution in [0.1, 0.15) is 141 Å². The Labute approximate surface area is 469 Å². The van der Waals surface area contributed by atoms with Gasteiger partial charge < -0.3 is 47.8 Å². The average molecular weight is 1120 g/mol. The first-order valence-electron chi connectivity index (χ1n) is 28.0. The molecule has 3 N–H and O–H groups in total. The molecular weight excluding hydrogens is 1040 g/mol. The Morgan fingerprint density at radius 1 is 0.654 bits per heavy atom. The molecule has 4 aromatic heterocycles. The number of carbonyl (C=O) groups is 3. The average Bonchev–Trinajstić information content (AvgIpc) is 1.10. The molecule has 0 radical (unpaired) electrons. The molecule has 11 rings (SSSR count). The second-order valence-corrected chi connectivity index (χ2v) is 25.2. The van der Waals surface area contributed by atoms with Gasteiger partial charge in [-0.2, -0.15) is 0 Å². The lowest BCUT2D eigenvalue weighted by molar-refractivity contribution is -0.257. The molecule has 4 aliphatic carbocycles. The van der Waals surface area contributed by atoms with Crippen LogP contribution < -0.4 is 20.7 Å². The van der Waals surface area contributed by atoms with Crippen molar-refractivity contribution in [2.45, 2.75) is 143 Å². The number of halogens is 1. The number of rotatable bonds is 8. The van der Waals surface area contributed by atoms with Crippen LogP contribution in [0.15, 0.2) is 104 Å². The first-order valence-corrected chi connectivity index (χ1v) is 28.0. The summed E-state index contributed by atoms with van der Waals surface area (Å²) >= 11 is 0. The van der Waals surface area contributed by atoms with Crippen LogP contribution in [0.4, 0.5) is 4.39 Å². The highest BCUT2D eigenvalue weighted by molar-refractivity contribution is 5.89. The van der Waals surface area contributed by atoms with Crippen LogP contribution in [0.2, 0.25) is 0 Å². The van der Waals surface area contributed by atoms with Gasteiger partial charge >= 0.3 is 29.2 Å². The zero-order chi connectivity index (χ0) is 58.4. The number of aromatic nitrogens is 2. The van der Waals surface area contributed by atoms with Gasteiger partial charge in [0, 0.05) is 84.6 Å². The largest absolute Gasteiger partial charge is 0.484 e.